The second kappa shape index (κ2) is 6.64. The number of nitrogens with one attached hydrogen (secondary N) is 1. The Hall–Kier alpha value is -2.71. The molecule has 5 nitrogen and oxygen atoms in total. The van der Waals surface area contributed by atoms with Gasteiger partial charge < -0.3 is 5.32 Å². The molecule has 1 atom stereocenters. The van der Waals surface area contributed by atoms with Crippen molar-refractivity contribution in [2.75, 3.05) is 7.05 Å². The van der Waals surface area contributed by atoms with Crippen LogP contribution in [0.5, 0.6) is 0 Å². The Bertz CT molecular complexity index is 678. The number of non-ortho nitro benzene ring substituents is 1. The van der Waals surface area contributed by atoms with Crippen LogP contribution in [0.4, 0.5) is 5.69 Å². The maximum atomic E-state index is 10.8. The number of likely N-dealkylation sites (N-methyl/N-ethyl adjacent to an activating group) is 1. The highest BCUT2D eigenvalue weighted by atomic mass is 16.6. The Kier molecular flexibility index (Phi) is 4.64. The van der Waals surface area contributed by atoms with Crippen LogP contribution < -0.4 is 5.32 Å². The second-order valence-electron chi connectivity index (χ2n) is 4.67. The van der Waals surface area contributed by atoms with E-state index >= 15 is 0 Å². The summed E-state index contributed by atoms with van der Waals surface area (Å²) in [6.07, 6.45) is 0.599. The zero-order valence-corrected chi connectivity index (χ0v) is 11.6. The minimum Gasteiger partial charge on any atom is -0.313 e. The maximum Gasteiger partial charge on any atom is 0.270 e. The molecule has 0 aliphatic heterocycles. The van der Waals surface area contributed by atoms with Crippen LogP contribution in [0.25, 0.3) is 0 Å². The minimum atomic E-state index is -0.489. The standard InChI is InChI=1S/C16H15N3O2/c1-18-16(12-5-3-2-4-6-12)10-13-7-8-15(19(20)21)9-14(13)11-17/h2-9,16,18H,10H2,1H3. The number of nitro groups is 1. The van der Waals surface area contributed by atoms with Gasteiger partial charge in [-0.25, -0.2) is 0 Å². The first-order valence-electron chi connectivity index (χ1n) is 6.55. The summed E-state index contributed by atoms with van der Waals surface area (Å²) in [6, 6.07) is 16.4. The number of hydrogen-bond acceptors (Lipinski definition) is 4. The van der Waals surface area contributed by atoms with E-state index in [1.165, 1.54) is 12.1 Å². The van der Waals surface area contributed by atoms with Gasteiger partial charge in [0.25, 0.3) is 5.69 Å². The van der Waals surface area contributed by atoms with Crippen LogP contribution in [-0.4, -0.2) is 12.0 Å². The summed E-state index contributed by atoms with van der Waals surface area (Å²) in [4.78, 5) is 10.3. The van der Waals surface area contributed by atoms with Crippen LogP contribution in [0.2, 0.25) is 0 Å². The lowest BCUT2D eigenvalue weighted by molar-refractivity contribution is -0.384. The van der Waals surface area contributed by atoms with Gasteiger partial charge in [-0.1, -0.05) is 36.4 Å². The molecule has 1 N–H and O–H groups in total. The summed E-state index contributed by atoms with van der Waals surface area (Å²) >= 11 is 0. The van der Waals surface area contributed by atoms with Gasteiger partial charge in [0.15, 0.2) is 0 Å². The van der Waals surface area contributed by atoms with E-state index in [9.17, 15) is 15.4 Å². The van der Waals surface area contributed by atoms with Gasteiger partial charge in [0.05, 0.1) is 16.6 Å². The number of benzene rings is 2. The summed E-state index contributed by atoms with van der Waals surface area (Å²) in [6.45, 7) is 0. The molecule has 106 valence electrons. The molecule has 1 unspecified atom stereocenters. The third kappa shape index (κ3) is 3.44. The van der Waals surface area contributed by atoms with Crippen LogP contribution >= 0.6 is 0 Å². The molecule has 0 amide bonds. The van der Waals surface area contributed by atoms with Gasteiger partial charge in [0, 0.05) is 18.2 Å². The zero-order chi connectivity index (χ0) is 15.2. The average molecular weight is 281 g/mol. The Morgan fingerprint density at radius 1 is 1.29 bits per heavy atom. The van der Waals surface area contributed by atoms with Crippen molar-refractivity contribution in [3.05, 3.63) is 75.3 Å². The summed E-state index contributed by atoms with van der Waals surface area (Å²) in [5.41, 5.74) is 2.20. The number of nitro benzene ring substituents is 1. The number of nitrogens with zero attached hydrogens (tertiary/aromatic N) is 2. The normalized spacial score (nSPS) is 11.6. The van der Waals surface area contributed by atoms with Crippen molar-refractivity contribution >= 4 is 5.69 Å². The first-order chi connectivity index (χ1) is 10.2. The molecule has 0 fully saturated rings. The first kappa shape index (κ1) is 14.7. The monoisotopic (exact) mass is 281 g/mol. The number of rotatable bonds is 5. The average Bonchev–Trinajstić information content (AvgIpc) is 2.53. The molecule has 21 heavy (non-hydrogen) atoms. The predicted octanol–water partition coefficient (Wildman–Crippen LogP) is 2.97. The SMILES string of the molecule is CNC(Cc1ccc([N+](=O)[O-])cc1C#N)c1ccccc1. The summed E-state index contributed by atoms with van der Waals surface area (Å²) in [5, 5.41) is 23.2. The third-order valence-electron chi connectivity index (χ3n) is 3.40. The molecule has 2 aromatic rings. The third-order valence-corrected chi connectivity index (χ3v) is 3.40. The lowest BCUT2D eigenvalue weighted by Gasteiger charge is -2.17. The molecule has 0 saturated carbocycles. The van der Waals surface area contributed by atoms with Crippen LogP contribution in [0, 0.1) is 21.4 Å². The van der Waals surface area contributed by atoms with Crippen LogP contribution in [0.15, 0.2) is 48.5 Å². The Morgan fingerprint density at radius 3 is 2.57 bits per heavy atom. The quantitative estimate of drug-likeness (QED) is 0.675. The summed E-state index contributed by atoms with van der Waals surface area (Å²) in [5.74, 6) is 0. The molecule has 0 aromatic heterocycles. The van der Waals surface area contributed by atoms with E-state index in [0.717, 1.165) is 11.1 Å². The fourth-order valence-corrected chi connectivity index (χ4v) is 2.25. The molecule has 0 aliphatic carbocycles. The number of nitriles is 1. The Labute approximate surface area is 123 Å². The summed E-state index contributed by atoms with van der Waals surface area (Å²) < 4.78 is 0. The van der Waals surface area contributed by atoms with Gasteiger partial charge in [-0.2, -0.15) is 5.26 Å². The van der Waals surface area contributed by atoms with E-state index in [-0.39, 0.29) is 11.7 Å². The van der Waals surface area contributed by atoms with E-state index in [2.05, 4.69) is 5.32 Å². The van der Waals surface area contributed by atoms with Crippen LogP contribution in [0.3, 0.4) is 0 Å². The molecular formula is C16H15N3O2. The largest absolute Gasteiger partial charge is 0.313 e. The van der Waals surface area contributed by atoms with Crippen LogP contribution in [0.1, 0.15) is 22.7 Å². The molecule has 2 aromatic carbocycles. The zero-order valence-electron chi connectivity index (χ0n) is 11.6. The summed E-state index contributed by atoms with van der Waals surface area (Å²) in [7, 11) is 1.86. The first-order valence-corrected chi connectivity index (χ1v) is 6.55. The molecule has 0 heterocycles. The van der Waals surface area contributed by atoms with E-state index < -0.39 is 4.92 Å². The molecule has 2 rings (SSSR count). The van der Waals surface area contributed by atoms with Gasteiger partial charge in [0.2, 0.25) is 0 Å². The van der Waals surface area contributed by atoms with Crippen molar-refractivity contribution in [3.63, 3.8) is 0 Å². The van der Waals surface area contributed by atoms with E-state index in [1.54, 1.807) is 6.07 Å². The highest BCUT2D eigenvalue weighted by Crippen LogP contribution is 2.23. The van der Waals surface area contributed by atoms with Gasteiger partial charge in [0.1, 0.15) is 0 Å². The van der Waals surface area contributed by atoms with Crippen molar-refractivity contribution in [2.45, 2.75) is 12.5 Å². The molecule has 0 aliphatic rings. The second-order valence-corrected chi connectivity index (χ2v) is 4.67. The highest BCUT2D eigenvalue weighted by molar-refractivity contribution is 5.47. The van der Waals surface area contributed by atoms with Gasteiger partial charge in [-0.05, 0) is 24.6 Å². The molecule has 0 bridgehead atoms. The van der Waals surface area contributed by atoms with Crippen molar-refractivity contribution in [2.24, 2.45) is 0 Å². The predicted molar refractivity (Wildman–Crippen MR) is 79.8 cm³/mol. The highest BCUT2D eigenvalue weighted by Gasteiger charge is 2.15. The topological polar surface area (TPSA) is 79.0 Å². The van der Waals surface area contributed by atoms with Crippen molar-refractivity contribution in [1.29, 1.82) is 5.26 Å². The van der Waals surface area contributed by atoms with E-state index in [0.29, 0.717) is 12.0 Å². The lowest BCUT2D eigenvalue weighted by Crippen LogP contribution is -2.19. The van der Waals surface area contributed by atoms with E-state index in [4.69, 9.17) is 0 Å². The van der Waals surface area contributed by atoms with Gasteiger partial charge >= 0.3 is 0 Å². The molecule has 0 spiro atoms. The lowest BCUT2D eigenvalue weighted by atomic mass is 9.96. The minimum absolute atomic E-state index is 0.0553. The van der Waals surface area contributed by atoms with Gasteiger partial charge in [-0.3, -0.25) is 10.1 Å². The van der Waals surface area contributed by atoms with E-state index in [1.807, 2.05) is 43.4 Å². The molecule has 5 heteroatoms. The van der Waals surface area contributed by atoms with Crippen molar-refractivity contribution < 1.29 is 4.92 Å². The maximum absolute atomic E-state index is 10.8. The number of hydrogen-bond donors (Lipinski definition) is 1. The fraction of sp³-hybridized carbons (Fsp3) is 0.188. The fourth-order valence-electron chi connectivity index (χ4n) is 2.25. The molecule has 0 saturated heterocycles. The van der Waals surface area contributed by atoms with Crippen LogP contribution in [-0.2, 0) is 6.42 Å². The van der Waals surface area contributed by atoms with Crippen molar-refractivity contribution in [1.82, 2.24) is 5.32 Å². The molecular weight excluding hydrogens is 266 g/mol. The van der Waals surface area contributed by atoms with Gasteiger partial charge in [-0.15, -0.1) is 0 Å². The smallest absolute Gasteiger partial charge is 0.270 e. The Morgan fingerprint density at radius 2 is 2.00 bits per heavy atom. The Balaban J connectivity index is 2.30. The van der Waals surface area contributed by atoms with Crippen molar-refractivity contribution in [3.8, 4) is 6.07 Å². The molecule has 0 radical (unpaired) electrons.